The molecule has 2 atom stereocenters. The number of rotatable bonds is 4. The Hall–Kier alpha value is -1.79. The predicted molar refractivity (Wildman–Crippen MR) is 104 cm³/mol. The van der Waals surface area contributed by atoms with Gasteiger partial charge in [0.1, 0.15) is 0 Å². The number of hydrogen-bond acceptors (Lipinski definition) is 4. The maximum Gasteiger partial charge on any atom is 0.236 e. The lowest BCUT2D eigenvalue weighted by Crippen LogP contribution is -2.42. The molecular formula is C19H22N2O2S2. The average molecular weight is 375 g/mol. The standard InChI is InChI=1S/C19H22N2O2S2/c1-12-17-9-11-24-18(17)8-10-21(12)19(23)13(2)25-16-6-4-15(5-7-16)20-14(3)22/h4-7,9,11-13H,8,10H2,1-3H3,(H,20,22). The highest BCUT2D eigenvalue weighted by Crippen LogP contribution is 2.35. The van der Waals surface area contributed by atoms with Gasteiger partial charge in [0, 0.05) is 28.9 Å². The molecule has 6 heteroatoms. The molecule has 1 aromatic carbocycles. The highest BCUT2D eigenvalue weighted by Gasteiger charge is 2.31. The monoisotopic (exact) mass is 374 g/mol. The molecule has 2 unspecified atom stereocenters. The highest BCUT2D eigenvalue weighted by molar-refractivity contribution is 8.00. The molecule has 0 bridgehead atoms. The van der Waals surface area contributed by atoms with Crippen molar-refractivity contribution in [1.29, 1.82) is 0 Å². The Kier molecular flexibility index (Phi) is 5.49. The quantitative estimate of drug-likeness (QED) is 0.810. The third kappa shape index (κ3) is 4.07. The van der Waals surface area contributed by atoms with Gasteiger partial charge in [0.2, 0.25) is 11.8 Å². The van der Waals surface area contributed by atoms with Crippen LogP contribution in [-0.4, -0.2) is 28.5 Å². The molecule has 1 aromatic heterocycles. The molecule has 3 rings (SSSR count). The van der Waals surface area contributed by atoms with Crippen molar-refractivity contribution in [1.82, 2.24) is 4.90 Å². The first-order valence-electron chi connectivity index (χ1n) is 8.36. The first-order chi connectivity index (χ1) is 12.0. The molecule has 1 N–H and O–H groups in total. The summed E-state index contributed by atoms with van der Waals surface area (Å²) < 4.78 is 0. The highest BCUT2D eigenvalue weighted by atomic mass is 32.2. The van der Waals surface area contributed by atoms with E-state index in [0.29, 0.717) is 0 Å². The number of thiophene rings is 1. The van der Waals surface area contributed by atoms with Crippen LogP contribution in [-0.2, 0) is 16.0 Å². The molecule has 0 radical (unpaired) electrons. The molecule has 1 aliphatic heterocycles. The minimum atomic E-state index is -0.144. The van der Waals surface area contributed by atoms with E-state index in [2.05, 4.69) is 23.7 Å². The second-order valence-corrected chi connectivity index (χ2v) is 8.64. The van der Waals surface area contributed by atoms with Crippen molar-refractivity contribution < 1.29 is 9.59 Å². The Morgan fingerprint density at radius 2 is 2.00 bits per heavy atom. The zero-order valence-electron chi connectivity index (χ0n) is 14.6. The van der Waals surface area contributed by atoms with Crippen LogP contribution in [0, 0.1) is 0 Å². The van der Waals surface area contributed by atoms with E-state index in [9.17, 15) is 9.59 Å². The van der Waals surface area contributed by atoms with Crippen molar-refractivity contribution in [2.75, 3.05) is 11.9 Å². The second kappa shape index (κ2) is 7.62. The van der Waals surface area contributed by atoms with Crippen LogP contribution in [0.3, 0.4) is 0 Å². The first kappa shape index (κ1) is 18.0. The van der Waals surface area contributed by atoms with E-state index in [1.165, 1.54) is 17.4 Å². The summed E-state index contributed by atoms with van der Waals surface area (Å²) >= 11 is 3.34. The molecule has 25 heavy (non-hydrogen) atoms. The van der Waals surface area contributed by atoms with Crippen LogP contribution in [0.2, 0.25) is 0 Å². The topological polar surface area (TPSA) is 49.4 Å². The SMILES string of the molecule is CC(=O)Nc1ccc(SC(C)C(=O)N2CCc3sccc3C2C)cc1. The van der Waals surface area contributed by atoms with Gasteiger partial charge in [-0.05, 0) is 61.5 Å². The molecular weight excluding hydrogens is 352 g/mol. The number of fused-ring (bicyclic) bond motifs is 1. The smallest absolute Gasteiger partial charge is 0.236 e. The molecule has 0 saturated carbocycles. The Morgan fingerprint density at radius 1 is 1.28 bits per heavy atom. The number of anilines is 1. The summed E-state index contributed by atoms with van der Waals surface area (Å²) in [6.45, 7) is 6.36. The van der Waals surface area contributed by atoms with Crippen molar-refractivity contribution in [2.24, 2.45) is 0 Å². The third-order valence-electron chi connectivity index (χ3n) is 4.40. The molecule has 1 aliphatic rings. The van der Waals surface area contributed by atoms with Crippen molar-refractivity contribution in [2.45, 2.75) is 43.4 Å². The van der Waals surface area contributed by atoms with Crippen LogP contribution in [0.25, 0.3) is 0 Å². The molecule has 0 saturated heterocycles. The lowest BCUT2D eigenvalue weighted by molar-refractivity contribution is -0.132. The number of thioether (sulfide) groups is 1. The number of nitrogens with one attached hydrogen (secondary N) is 1. The van der Waals surface area contributed by atoms with Gasteiger partial charge in [-0.3, -0.25) is 9.59 Å². The van der Waals surface area contributed by atoms with Crippen LogP contribution in [0.1, 0.15) is 37.3 Å². The fourth-order valence-electron chi connectivity index (χ4n) is 3.12. The largest absolute Gasteiger partial charge is 0.335 e. The number of benzene rings is 1. The summed E-state index contributed by atoms with van der Waals surface area (Å²) in [5.41, 5.74) is 2.06. The van der Waals surface area contributed by atoms with Gasteiger partial charge in [0.15, 0.2) is 0 Å². The summed E-state index contributed by atoms with van der Waals surface area (Å²) in [7, 11) is 0. The minimum absolute atomic E-state index is 0.0872. The van der Waals surface area contributed by atoms with E-state index < -0.39 is 0 Å². The number of amides is 2. The Labute approximate surface area is 156 Å². The zero-order chi connectivity index (χ0) is 18.0. The van der Waals surface area contributed by atoms with Gasteiger partial charge in [0.25, 0.3) is 0 Å². The van der Waals surface area contributed by atoms with E-state index in [1.807, 2.05) is 36.1 Å². The third-order valence-corrected chi connectivity index (χ3v) is 6.49. The second-order valence-electron chi connectivity index (χ2n) is 6.22. The van der Waals surface area contributed by atoms with Gasteiger partial charge in [0.05, 0.1) is 11.3 Å². The van der Waals surface area contributed by atoms with Crippen molar-refractivity contribution in [3.8, 4) is 0 Å². The minimum Gasteiger partial charge on any atom is -0.335 e. The maximum absolute atomic E-state index is 12.9. The molecule has 2 aromatic rings. The normalized spacial score (nSPS) is 17.7. The fraction of sp³-hybridized carbons (Fsp3) is 0.368. The Bertz CT molecular complexity index is 770. The van der Waals surface area contributed by atoms with E-state index >= 15 is 0 Å². The van der Waals surface area contributed by atoms with Crippen LogP contribution >= 0.6 is 23.1 Å². The van der Waals surface area contributed by atoms with E-state index in [1.54, 1.807) is 23.1 Å². The molecule has 2 amide bonds. The van der Waals surface area contributed by atoms with E-state index in [0.717, 1.165) is 23.5 Å². The van der Waals surface area contributed by atoms with Crippen LogP contribution in [0.4, 0.5) is 5.69 Å². The molecule has 0 fully saturated rings. The van der Waals surface area contributed by atoms with Gasteiger partial charge in [-0.25, -0.2) is 0 Å². The molecule has 0 spiro atoms. The Morgan fingerprint density at radius 3 is 2.68 bits per heavy atom. The van der Waals surface area contributed by atoms with Gasteiger partial charge >= 0.3 is 0 Å². The molecule has 0 aliphatic carbocycles. The van der Waals surface area contributed by atoms with Gasteiger partial charge in [-0.1, -0.05) is 0 Å². The molecule has 132 valence electrons. The van der Waals surface area contributed by atoms with Gasteiger partial charge < -0.3 is 10.2 Å². The van der Waals surface area contributed by atoms with Crippen molar-refractivity contribution in [3.05, 3.63) is 46.2 Å². The maximum atomic E-state index is 12.9. The van der Waals surface area contributed by atoms with Gasteiger partial charge in [-0.2, -0.15) is 0 Å². The number of nitrogens with zero attached hydrogens (tertiary/aromatic N) is 1. The predicted octanol–water partition coefficient (Wildman–Crippen LogP) is 4.33. The Balaban J connectivity index is 1.64. The van der Waals surface area contributed by atoms with Crippen LogP contribution in [0.15, 0.2) is 40.6 Å². The number of hydrogen-bond donors (Lipinski definition) is 1. The summed E-state index contributed by atoms with van der Waals surface area (Å²) in [5, 5.41) is 4.72. The van der Waals surface area contributed by atoms with Gasteiger partial charge in [-0.15, -0.1) is 23.1 Å². The molecule has 2 heterocycles. The van der Waals surface area contributed by atoms with E-state index in [4.69, 9.17) is 0 Å². The van der Waals surface area contributed by atoms with Crippen molar-refractivity contribution in [3.63, 3.8) is 0 Å². The number of carbonyl (C=O) groups excluding carboxylic acids is 2. The van der Waals surface area contributed by atoms with Crippen LogP contribution < -0.4 is 5.32 Å². The summed E-state index contributed by atoms with van der Waals surface area (Å²) in [6.07, 6.45) is 0.950. The number of carbonyl (C=O) groups is 2. The lowest BCUT2D eigenvalue weighted by atomic mass is 10.0. The zero-order valence-corrected chi connectivity index (χ0v) is 16.2. The van der Waals surface area contributed by atoms with Crippen LogP contribution in [0.5, 0.6) is 0 Å². The summed E-state index contributed by atoms with van der Waals surface area (Å²) in [6, 6.07) is 9.90. The lowest BCUT2D eigenvalue weighted by Gasteiger charge is -2.35. The average Bonchev–Trinajstić information content (AvgIpc) is 3.05. The summed E-state index contributed by atoms with van der Waals surface area (Å²) in [5.74, 6) is 0.0936. The first-order valence-corrected chi connectivity index (χ1v) is 10.1. The van der Waals surface area contributed by atoms with Crippen molar-refractivity contribution >= 4 is 40.6 Å². The molecule has 4 nitrogen and oxygen atoms in total. The van der Waals surface area contributed by atoms with E-state index in [-0.39, 0.29) is 23.1 Å². The summed E-state index contributed by atoms with van der Waals surface area (Å²) in [4.78, 5) is 28.4. The fourth-order valence-corrected chi connectivity index (χ4v) is 5.02.